The van der Waals surface area contributed by atoms with E-state index in [9.17, 15) is 18.8 Å². The minimum atomic E-state index is -0.395. The molecule has 156 valence electrons. The van der Waals surface area contributed by atoms with Gasteiger partial charge in [-0.25, -0.2) is 4.39 Å². The number of amides is 3. The predicted octanol–water partition coefficient (Wildman–Crippen LogP) is 3.26. The van der Waals surface area contributed by atoms with Crippen molar-refractivity contribution in [3.8, 4) is 0 Å². The van der Waals surface area contributed by atoms with Gasteiger partial charge in [0.25, 0.3) is 17.7 Å². The summed E-state index contributed by atoms with van der Waals surface area (Å²) in [4.78, 5) is 41.3. The largest absolute Gasteiger partial charge is 0.376 e. The Morgan fingerprint density at radius 2 is 1.97 bits per heavy atom. The maximum atomic E-state index is 13.5. The lowest BCUT2D eigenvalue weighted by molar-refractivity contribution is 0.0475. The van der Waals surface area contributed by atoms with Crippen LogP contribution in [0.4, 0.5) is 4.39 Å². The average Bonchev–Trinajstić information content (AvgIpc) is 3.34. The molecule has 2 heterocycles. The maximum absolute atomic E-state index is 13.5. The average molecular weight is 410 g/mol. The van der Waals surface area contributed by atoms with Gasteiger partial charge in [-0.15, -0.1) is 0 Å². The lowest BCUT2D eigenvalue weighted by Gasteiger charge is -2.21. The SMILES string of the molecule is CCN(Cc1cccc(F)c1)C(=O)c1ccc2c(c1)C(=O)N(CC1CCCO1)C2=O. The summed E-state index contributed by atoms with van der Waals surface area (Å²) in [6.45, 7) is 3.39. The van der Waals surface area contributed by atoms with E-state index in [2.05, 4.69) is 0 Å². The Balaban J connectivity index is 1.53. The molecule has 2 aromatic carbocycles. The highest BCUT2D eigenvalue weighted by molar-refractivity contribution is 6.22. The monoisotopic (exact) mass is 410 g/mol. The molecule has 2 aromatic rings. The van der Waals surface area contributed by atoms with Crippen LogP contribution in [0.25, 0.3) is 0 Å². The Labute approximate surface area is 174 Å². The lowest BCUT2D eigenvalue weighted by atomic mass is 10.0. The number of halogens is 1. The lowest BCUT2D eigenvalue weighted by Crippen LogP contribution is -2.36. The van der Waals surface area contributed by atoms with Crippen molar-refractivity contribution in [1.29, 1.82) is 0 Å². The number of rotatable bonds is 6. The highest BCUT2D eigenvalue weighted by atomic mass is 19.1. The molecule has 0 aliphatic carbocycles. The molecule has 0 spiro atoms. The van der Waals surface area contributed by atoms with Crippen LogP contribution in [0.1, 0.15) is 56.4 Å². The van der Waals surface area contributed by atoms with E-state index < -0.39 is 5.91 Å². The number of ether oxygens (including phenoxy) is 1. The third-order valence-electron chi connectivity index (χ3n) is 5.56. The zero-order chi connectivity index (χ0) is 21.3. The molecule has 1 fully saturated rings. The van der Waals surface area contributed by atoms with E-state index in [0.29, 0.717) is 29.8 Å². The fourth-order valence-corrected chi connectivity index (χ4v) is 3.95. The Hall–Kier alpha value is -3.06. The van der Waals surface area contributed by atoms with Crippen LogP contribution in [0.15, 0.2) is 42.5 Å². The van der Waals surface area contributed by atoms with Gasteiger partial charge >= 0.3 is 0 Å². The summed E-state index contributed by atoms with van der Waals surface area (Å²) >= 11 is 0. The summed E-state index contributed by atoms with van der Waals surface area (Å²) in [5, 5.41) is 0. The molecule has 2 aliphatic heterocycles. The van der Waals surface area contributed by atoms with Gasteiger partial charge in [0.05, 0.1) is 23.8 Å². The molecular formula is C23H23FN2O4. The van der Waals surface area contributed by atoms with Crippen LogP contribution in [-0.2, 0) is 11.3 Å². The van der Waals surface area contributed by atoms with Gasteiger partial charge in [-0.1, -0.05) is 12.1 Å². The van der Waals surface area contributed by atoms with Gasteiger partial charge in [-0.05, 0) is 55.7 Å². The molecule has 1 atom stereocenters. The molecule has 2 aliphatic rings. The molecule has 1 unspecified atom stereocenters. The Morgan fingerprint density at radius 3 is 2.67 bits per heavy atom. The van der Waals surface area contributed by atoms with Crippen LogP contribution in [0.3, 0.4) is 0 Å². The molecule has 30 heavy (non-hydrogen) atoms. The molecule has 0 bridgehead atoms. The van der Waals surface area contributed by atoms with Crippen LogP contribution in [-0.4, -0.2) is 53.3 Å². The van der Waals surface area contributed by atoms with Gasteiger partial charge in [0.2, 0.25) is 0 Å². The first-order chi connectivity index (χ1) is 14.5. The number of imide groups is 1. The van der Waals surface area contributed by atoms with Gasteiger partial charge in [0.15, 0.2) is 0 Å². The molecule has 3 amide bonds. The van der Waals surface area contributed by atoms with Gasteiger partial charge in [0.1, 0.15) is 5.82 Å². The van der Waals surface area contributed by atoms with Gasteiger partial charge < -0.3 is 9.64 Å². The van der Waals surface area contributed by atoms with E-state index >= 15 is 0 Å². The molecule has 0 aromatic heterocycles. The summed E-state index contributed by atoms with van der Waals surface area (Å²) in [6.07, 6.45) is 1.61. The normalized spacial score (nSPS) is 18.1. The molecule has 0 saturated carbocycles. The zero-order valence-corrected chi connectivity index (χ0v) is 16.8. The first-order valence-electron chi connectivity index (χ1n) is 10.1. The standard InChI is InChI=1S/C23H23FN2O4/c1-2-25(13-15-5-3-6-17(24)11-15)21(27)16-8-9-19-20(12-16)23(29)26(22(19)28)14-18-7-4-10-30-18/h3,5-6,8-9,11-12,18H,2,4,7,10,13-14H2,1H3. The van der Waals surface area contributed by atoms with Gasteiger partial charge in [-0.3, -0.25) is 19.3 Å². The Bertz CT molecular complexity index is 1000. The van der Waals surface area contributed by atoms with Gasteiger partial charge in [-0.2, -0.15) is 0 Å². The number of carbonyl (C=O) groups is 3. The van der Waals surface area contributed by atoms with Crippen LogP contribution >= 0.6 is 0 Å². The Kier molecular flexibility index (Phi) is 5.63. The van der Waals surface area contributed by atoms with Crippen molar-refractivity contribution < 1.29 is 23.5 Å². The second-order valence-electron chi connectivity index (χ2n) is 7.57. The van der Waals surface area contributed by atoms with Crippen LogP contribution in [0.2, 0.25) is 0 Å². The maximum Gasteiger partial charge on any atom is 0.261 e. The first kappa shape index (κ1) is 20.2. The third kappa shape index (κ3) is 3.85. The summed E-state index contributed by atoms with van der Waals surface area (Å²) in [6, 6.07) is 10.7. The predicted molar refractivity (Wildman–Crippen MR) is 108 cm³/mol. The first-order valence-corrected chi connectivity index (χ1v) is 10.1. The zero-order valence-electron chi connectivity index (χ0n) is 16.8. The minimum absolute atomic E-state index is 0.129. The van der Waals surface area contributed by atoms with E-state index in [1.165, 1.54) is 29.2 Å². The fraction of sp³-hybridized carbons (Fsp3) is 0.348. The summed E-state index contributed by atoms with van der Waals surface area (Å²) < 4.78 is 19.0. The van der Waals surface area contributed by atoms with Crippen LogP contribution in [0, 0.1) is 5.82 Å². The summed E-state index contributed by atoms with van der Waals surface area (Å²) in [5.74, 6) is -1.38. The van der Waals surface area contributed by atoms with Crippen LogP contribution < -0.4 is 0 Å². The van der Waals surface area contributed by atoms with E-state index in [4.69, 9.17) is 4.74 Å². The van der Waals surface area contributed by atoms with Crippen molar-refractivity contribution in [3.05, 3.63) is 70.5 Å². The third-order valence-corrected chi connectivity index (χ3v) is 5.56. The number of hydrogen-bond donors (Lipinski definition) is 0. The minimum Gasteiger partial charge on any atom is -0.376 e. The van der Waals surface area contributed by atoms with Crippen molar-refractivity contribution in [2.45, 2.75) is 32.4 Å². The molecular weight excluding hydrogens is 387 g/mol. The smallest absolute Gasteiger partial charge is 0.261 e. The fourth-order valence-electron chi connectivity index (χ4n) is 3.95. The number of nitrogens with zero attached hydrogens (tertiary/aromatic N) is 2. The van der Waals surface area contributed by atoms with E-state index in [1.54, 1.807) is 23.1 Å². The van der Waals surface area contributed by atoms with Crippen molar-refractivity contribution in [2.24, 2.45) is 0 Å². The molecule has 6 nitrogen and oxygen atoms in total. The topological polar surface area (TPSA) is 66.9 Å². The number of fused-ring (bicyclic) bond motifs is 1. The molecule has 4 rings (SSSR count). The van der Waals surface area contributed by atoms with E-state index in [0.717, 1.165) is 12.8 Å². The second-order valence-corrected chi connectivity index (χ2v) is 7.57. The summed E-state index contributed by atoms with van der Waals surface area (Å²) in [7, 11) is 0. The van der Waals surface area contributed by atoms with Crippen molar-refractivity contribution in [1.82, 2.24) is 9.80 Å². The van der Waals surface area contributed by atoms with Crippen molar-refractivity contribution >= 4 is 17.7 Å². The molecule has 1 saturated heterocycles. The van der Waals surface area contributed by atoms with Crippen molar-refractivity contribution in [3.63, 3.8) is 0 Å². The number of carbonyl (C=O) groups excluding carboxylic acids is 3. The number of benzene rings is 2. The molecule has 0 N–H and O–H groups in total. The number of hydrogen-bond acceptors (Lipinski definition) is 4. The van der Waals surface area contributed by atoms with E-state index in [1.807, 2.05) is 6.92 Å². The quantitative estimate of drug-likeness (QED) is 0.686. The molecule has 7 heteroatoms. The van der Waals surface area contributed by atoms with E-state index in [-0.39, 0.29) is 42.4 Å². The highest BCUT2D eigenvalue weighted by Crippen LogP contribution is 2.26. The second kappa shape index (κ2) is 8.36. The molecule has 0 radical (unpaired) electrons. The van der Waals surface area contributed by atoms with Crippen molar-refractivity contribution in [2.75, 3.05) is 19.7 Å². The Morgan fingerprint density at radius 1 is 1.17 bits per heavy atom. The van der Waals surface area contributed by atoms with Crippen LogP contribution in [0.5, 0.6) is 0 Å². The highest BCUT2D eigenvalue weighted by Gasteiger charge is 2.38. The summed E-state index contributed by atoms with van der Waals surface area (Å²) in [5.41, 5.74) is 1.56. The van der Waals surface area contributed by atoms with Gasteiger partial charge in [0, 0.05) is 25.3 Å².